The number of aromatic nitrogens is 1. The highest BCUT2D eigenvalue weighted by molar-refractivity contribution is 7.89. The molecule has 0 bridgehead atoms. The smallest absolute Gasteiger partial charge is 0.406 e. The fourth-order valence-electron chi connectivity index (χ4n) is 3.84. The van der Waals surface area contributed by atoms with Crippen molar-refractivity contribution in [1.29, 1.82) is 0 Å². The number of hydrogen-bond acceptors (Lipinski definition) is 5. The molecule has 28 heavy (non-hydrogen) atoms. The Labute approximate surface area is 160 Å². The van der Waals surface area contributed by atoms with Gasteiger partial charge in [0.05, 0.1) is 4.90 Å². The summed E-state index contributed by atoms with van der Waals surface area (Å²) in [6.45, 7) is 1.77. The van der Waals surface area contributed by atoms with E-state index in [0.29, 0.717) is 6.54 Å². The lowest BCUT2D eigenvalue weighted by atomic mass is 9.91. The van der Waals surface area contributed by atoms with Crippen molar-refractivity contribution in [3.63, 3.8) is 0 Å². The third-order valence-corrected chi connectivity index (χ3v) is 6.89. The van der Waals surface area contributed by atoms with E-state index in [1.807, 2.05) is 6.07 Å². The second kappa shape index (κ2) is 7.02. The number of benzene rings is 1. The molecule has 3 heterocycles. The Hall–Kier alpha value is -2.17. The van der Waals surface area contributed by atoms with Crippen molar-refractivity contribution < 1.29 is 26.3 Å². The third-order valence-electron chi connectivity index (χ3n) is 5.08. The standard InChI is InChI=1S/C18H18F3N3O3S/c19-18(20,21)27-14-4-1-5-15(7-14)28(25,26)24-10-12-3-2-6-23-17(12)16-9-22-8-13(16)11-24/h1-7,13,16,22H,8-11H2/t13-,16+/m0/s1. The number of fused-ring (bicyclic) bond motifs is 3. The third kappa shape index (κ3) is 3.71. The number of sulfonamides is 1. The van der Waals surface area contributed by atoms with Crippen molar-refractivity contribution >= 4 is 10.0 Å². The molecule has 0 saturated carbocycles. The Bertz CT molecular complexity index is 981. The molecule has 10 heteroatoms. The van der Waals surface area contributed by atoms with Crippen molar-refractivity contribution in [1.82, 2.24) is 14.6 Å². The van der Waals surface area contributed by atoms with Crippen molar-refractivity contribution in [2.24, 2.45) is 5.92 Å². The highest BCUT2D eigenvalue weighted by Crippen LogP contribution is 2.36. The summed E-state index contributed by atoms with van der Waals surface area (Å²) in [5.74, 6) is -0.414. The molecular weight excluding hydrogens is 395 g/mol. The van der Waals surface area contributed by atoms with Gasteiger partial charge in [0.25, 0.3) is 0 Å². The average Bonchev–Trinajstić information content (AvgIpc) is 3.02. The first kappa shape index (κ1) is 19.2. The van der Waals surface area contributed by atoms with E-state index in [0.717, 1.165) is 29.9 Å². The van der Waals surface area contributed by atoms with Gasteiger partial charge in [-0.05, 0) is 36.2 Å². The van der Waals surface area contributed by atoms with Gasteiger partial charge in [-0.2, -0.15) is 4.31 Å². The van der Waals surface area contributed by atoms with Crippen molar-refractivity contribution in [3.05, 3.63) is 53.9 Å². The van der Waals surface area contributed by atoms with Crippen LogP contribution < -0.4 is 10.1 Å². The van der Waals surface area contributed by atoms with E-state index < -0.39 is 22.1 Å². The summed E-state index contributed by atoms with van der Waals surface area (Å²) in [6.07, 6.45) is -3.20. The predicted octanol–water partition coefficient (Wildman–Crippen LogP) is 2.49. The second-order valence-electron chi connectivity index (χ2n) is 6.89. The highest BCUT2D eigenvalue weighted by Gasteiger charge is 2.39. The first-order valence-corrected chi connectivity index (χ1v) is 10.2. The van der Waals surface area contributed by atoms with Crippen LogP contribution in [0.2, 0.25) is 0 Å². The zero-order valence-electron chi connectivity index (χ0n) is 14.7. The van der Waals surface area contributed by atoms with E-state index >= 15 is 0 Å². The average molecular weight is 413 g/mol. The summed E-state index contributed by atoms with van der Waals surface area (Å²) >= 11 is 0. The number of rotatable bonds is 3. The Morgan fingerprint density at radius 2 is 2.00 bits per heavy atom. The number of hydrogen-bond donors (Lipinski definition) is 1. The molecule has 2 atom stereocenters. The van der Waals surface area contributed by atoms with E-state index in [4.69, 9.17) is 0 Å². The monoisotopic (exact) mass is 413 g/mol. The number of alkyl halides is 3. The molecule has 1 saturated heterocycles. The summed E-state index contributed by atoms with van der Waals surface area (Å²) in [5.41, 5.74) is 1.69. The molecule has 6 nitrogen and oxygen atoms in total. The van der Waals surface area contributed by atoms with Gasteiger partial charge >= 0.3 is 6.36 Å². The molecule has 1 aromatic heterocycles. The van der Waals surface area contributed by atoms with Gasteiger partial charge in [0.1, 0.15) is 5.75 Å². The van der Waals surface area contributed by atoms with Gasteiger partial charge in [-0.15, -0.1) is 13.2 Å². The minimum absolute atomic E-state index is 0.0422. The van der Waals surface area contributed by atoms with Crippen LogP contribution >= 0.6 is 0 Å². The normalized spacial score (nSPS) is 23.0. The summed E-state index contributed by atoms with van der Waals surface area (Å²) < 4.78 is 69.1. The minimum atomic E-state index is -4.89. The number of pyridine rings is 1. The summed E-state index contributed by atoms with van der Waals surface area (Å²) in [4.78, 5) is 4.23. The Morgan fingerprint density at radius 1 is 1.18 bits per heavy atom. The van der Waals surface area contributed by atoms with Crippen LogP contribution in [-0.4, -0.2) is 43.7 Å². The summed E-state index contributed by atoms with van der Waals surface area (Å²) in [7, 11) is -4.01. The molecule has 0 amide bonds. The van der Waals surface area contributed by atoms with Crippen LogP contribution in [0.3, 0.4) is 0 Å². The van der Waals surface area contributed by atoms with Crippen LogP contribution in [-0.2, 0) is 16.6 Å². The van der Waals surface area contributed by atoms with Crippen LogP contribution in [0.5, 0.6) is 5.75 Å². The van der Waals surface area contributed by atoms with Crippen LogP contribution in [0, 0.1) is 5.92 Å². The van der Waals surface area contributed by atoms with E-state index in [2.05, 4.69) is 15.0 Å². The zero-order valence-corrected chi connectivity index (χ0v) is 15.5. The molecule has 1 aromatic carbocycles. The van der Waals surface area contributed by atoms with Gasteiger partial charge in [-0.25, -0.2) is 8.42 Å². The van der Waals surface area contributed by atoms with Gasteiger partial charge in [0.15, 0.2) is 0 Å². The van der Waals surface area contributed by atoms with Crippen LogP contribution in [0.4, 0.5) is 13.2 Å². The topological polar surface area (TPSA) is 71.5 Å². The predicted molar refractivity (Wildman–Crippen MR) is 94.1 cm³/mol. The first-order chi connectivity index (χ1) is 13.2. The van der Waals surface area contributed by atoms with Crippen molar-refractivity contribution in [2.45, 2.75) is 23.7 Å². The van der Waals surface area contributed by atoms with Crippen LogP contribution in [0.25, 0.3) is 0 Å². The summed E-state index contributed by atoms with van der Waals surface area (Å²) in [5, 5.41) is 3.27. The molecule has 4 rings (SSSR count). The van der Waals surface area contributed by atoms with Crippen molar-refractivity contribution in [3.8, 4) is 5.75 Å². The van der Waals surface area contributed by atoms with E-state index in [-0.39, 0.29) is 29.8 Å². The minimum Gasteiger partial charge on any atom is -0.406 e. The molecule has 2 aliphatic rings. The molecule has 0 aliphatic carbocycles. The molecule has 2 aromatic rings. The van der Waals surface area contributed by atoms with Crippen LogP contribution in [0.1, 0.15) is 17.2 Å². The quantitative estimate of drug-likeness (QED) is 0.837. The number of halogens is 3. The van der Waals surface area contributed by atoms with E-state index in [9.17, 15) is 21.6 Å². The highest BCUT2D eigenvalue weighted by atomic mass is 32.2. The molecule has 1 fully saturated rings. The Morgan fingerprint density at radius 3 is 2.79 bits per heavy atom. The first-order valence-electron chi connectivity index (χ1n) is 8.74. The maximum absolute atomic E-state index is 13.2. The maximum Gasteiger partial charge on any atom is 0.573 e. The Kier molecular flexibility index (Phi) is 4.80. The van der Waals surface area contributed by atoms with Gasteiger partial charge < -0.3 is 10.1 Å². The number of nitrogens with one attached hydrogen (secondary N) is 1. The summed E-state index contributed by atoms with van der Waals surface area (Å²) in [6, 6.07) is 8.09. The van der Waals surface area contributed by atoms with Crippen molar-refractivity contribution in [2.75, 3.05) is 19.6 Å². The lowest BCUT2D eigenvalue weighted by molar-refractivity contribution is -0.274. The molecule has 0 spiro atoms. The fraction of sp³-hybridized carbons (Fsp3) is 0.389. The van der Waals surface area contributed by atoms with Gasteiger partial charge in [-0.1, -0.05) is 12.1 Å². The fourth-order valence-corrected chi connectivity index (χ4v) is 5.35. The van der Waals surface area contributed by atoms with E-state index in [1.54, 1.807) is 12.3 Å². The molecule has 0 radical (unpaired) electrons. The van der Waals surface area contributed by atoms with E-state index in [1.165, 1.54) is 16.4 Å². The molecule has 2 aliphatic heterocycles. The molecule has 0 unspecified atom stereocenters. The zero-order chi connectivity index (χ0) is 19.9. The lowest BCUT2D eigenvalue weighted by Gasteiger charge is -2.23. The SMILES string of the molecule is O=S(=O)(c1cccc(OC(F)(F)F)c1)N1Cc2cccnc2[C@@H]2CNC[C@H]2C1. The largest absolute Gasteiger partial charge is 0.573 e. The lowest BCUT2D eigenvalue weighted by Crippen LogP contribution is -2.35. The van der Waals surface area contributed by atoms with Gasteiger partial charge in [0, 0.05) is 43.5 Å². The second-order valence-corrected chi connectivity index (χ2v) is 8.83. The molecule has 150 valence electrons. The molecular formula is C18H18F3N3O3S. The number of nitrogens with zero attached hydrogens (tertiary/aromatic N) is 2. The van der Waals surface area contributed by atoms with Gasteiger partial charge in [-0.3, -0.25) is 4.98 Å². The van der Waals surface area contributed by atoms with Gasteiger partial charge in [0.2, 0.25) is 10.0 Å². The number of ether oxygens (including phenoxy) is 1. The maximum atomic E-state index is 13.2. The molecule has 1 N–H and O–H groups in total. The van der Waals surface area contributed by atoms with Crippen LogP contribution in [0.15, 0.2) is 47.5 Å². The Balaban J connectivity index is 1.69.